The highest BCUT2D eigenvalue weighted by atomic mass is 16.1. The van der Waals surface area contributed by atoms with Gasteiger partial charge in [-0.15, -0.1) is 0 Å². The van der Waals surface area contributed by atoms with Crippen LogP contribution < -0.4 is 16.6 Å². The fourth-order valence-corrected chi connectivity index (χ4v) is 1.43. The Kier molecular flexibility index (Phi) is 2.82. The van der Waals surface area contributed by atoms with Gasteiger partial charge in [-0.1, -0.05) is 0 Å². The fraction of sp³-hybridized carbons (Fsp3) is 0.300. The van der Waals surface area contributed by atoms with Crippen molar-refractivity contribution in [2.75, 3.05) is 11.1 Å². The van der Waals surface area contributed by atoms with Crippen molar-refractivity contribution in [1.29, 1.82) is 0 Å². The van der Waals surface area contributed by atoms with Crippen LogP contribution in [0.25, 0.3) is 0 Å². The summed E-state index contributed by atoms with van der Waals surface area (Å²) in [5.41, 5.74) is 6.45. The highest BCUT2D eigenvalue weighted by Gasteiger charge is 2.06. The van der Waals surface area contributed by atoms with Crippen molar-refractivity contribution in [3.05, 3.63) is 34.5 Å². The smallest absolute Gasteiger partial charge is 0.293 e. The molecule has 3 N–H and O–H groups in total. The van der Waals surface area contributed by atoms with E-state index in [2.05, 4.69) is 15.4 Å². The predicted molar refractivity (Wildman–Crippen MR) is 64.4 cm³/mol. The average Bonchev–Trinajstić information content (AvgIpc) is 2.62. The van der Waals surface area contributed by atoms with Crippen LogP contribution in [0.2, 0.25) is 0 Å². The molecule has 0 radical (unpaired) electrons. The first-order valence-electron chi connectivity index (χ1n) is 5.11. The van der Waals surface area contributed by atoms with E-state index >= 15 is 0 Å². The first kappa shape index (κ1) is 11.2. The van der Waals surface area contributed by atoms with Crippen LogP contribution in [0.15, 0.2) is 23.4 Å². The lowest BCUT2D eigenvalue weighted by Crippen LogP contribution is -2.21. The van der Waals surface area contributed by atoms with Gasteiger partial charge < -0.3 is 15.6 Å². The number of anilines is 2. The molecule has 0 aliphatic rings. The molecule has 0 aliphatic heterocycles. The standard InChI is InChI=1S/C10H14N6O/c1-15-4-3-12-9(10(15)17)13-5-7-6-14-16(2)8(7)11/h3-4,6H,5,11H2,1-2H3,(H,12,13). The molecule has 90 valence electrons. The van der Waals surface area contributed by atoms with Crippen LogP contribution in [-0.2, 0) is 20.6 Å². The number of aromatic nitrogens is 4. The SMILES string of the molecule is Cn1ncc(CNc2nccn(C)c2=O)c1N. The number of hydrogen-bond acceptors (Lipinski definition) is 5. The van der Waals surface area contributed by atoms with Gasteiger partial charge in [0, 0.05) is 38.6 Å². The zero-order chi connectivity index (χ0) is 12.4. The molecule has 0 spiro atoms. The maximum Gasteiger partial charge on any atom is 0.293 e. The van der Waals surface area contributed by atoms with Crippen molar-refractivity contribution in [2.24, 2.45) is 14.1 Å². The van der Waals surface area contributed by atoms with Crippen molar-refractivity contribution in [3.8, 4) is 0 Å². The molecule has 0 unspecified atom stereocenters. The minimum atomic E-state index is -0.171. The predicted octanol–water partition coefficient (Wildman–Crippen LogP) is -0.292. The van der Waals surface area contributed by atoms with Crippen LogP contribution >= 0.6 is 0 Å². The van der Waals surface area contributed by atoms with Gasteiger partial charge >= 0.3 is 0 Å². The minimum Gasteiger partial charge on any atom is -0.384 e. The van der Waals surface area contributed by atoms with Crippen molar-refractivity contribution in [2.45, 2.75) is 6.54 Å². The molecular weight excluding hydrogens is 220 g/mol. The molecule has 7 nitrogen and oxygen atoms in total. The van der Waals surface area contributed by atoms with Crippen molar-refractivity contribution < 1.29 is 0 Å². The van der Waals surface area contributed by atoms with E-state index in [1.807, 2.05) is 0 Å². The molecule has 2 aromatic heterocycles. The van der Waals surface area contributed by atoms with Crippen LogP contribution in [0.1, 0.15) is 5.56 Å². The third kappa shape index (κ3) is 2.12. The third-order valence-corrected chi connectivity index (χ3v) is 2.53. The van der Waals surface area contributed by atoms with Gasteiger partial charge in [0.1, 0.15) is 5.82 Å². The molecule has 17 heavy (non-hydrogen) atoms. The third-order valence-electron chi connectivity index (χ3n) is 2.53. The van der Waals surface area contributed by atoms with E-state index in [-0.39, 0.29) is 5.56 Å². The molecule has 0 saturated heterocycles. The van der Waals surface area contributed by atoms with Crippen molar-refractivity contribution in [1.82, 2.24) is 19.3 Å². The molecule has 2 aromatic rings. The Labute approximate surface area is 97.9 Å². The second-order valence-corrected chi connectivity index (χ2v) is 3.72. The zero-order valence-electron chi connectivity index (χ0n) is 9.71. The Morgan fingerprint density at radius 2 is 2.24 bits per heavy atom. The first-order valence-corrected chi connectivity index (χ1v) is 5.11. The second kappa shape index (κ2) is 4.28. The second-order valence-electron chi connectivity index (χ2n) is 3.72. The van der Waals surface area contributed by atoms with Crippen LogP contribution in [-0.4, -0.2) is 19.3 Å². The Morgan fingerprint density at radius 1 is 1.47 bits per heavy atom. The number of aryl methyl sites for hydroxylation is 2. The van der Waals surface area contributed by atoms with Gasteiger partial charge in [0.25, 0.3) is 5.56 Å². The van der Waals surface area contributed by atoms with Crippen molar-refractivity contribution in [3.63, 3.8) is 0 Å². The largest absolute Gasteiger partial charge is 0.384 e. The minimum absolute atomic E-state index is 0.171. The number of nitrogen functional groups attached to an aromatic ring is 1. The van der Waals surface area contributed by atoms with Crippen LogP contribution in [0.3, 0.4) is 0 Å². The molecule has 0 aromatic carbocycles. The maximum absolute atomic E-state index is 11.7. The van der Waals surface area contributed by atoms with Gasteiger partial charge in [-0.3, -0.25) is 9.48 Å². The Balaban J connectivity index is 2.16. The summed E-state index contributed by atoms with van der Waals surface area (Å²) in [6.07, 6.45) is 4.83. The Hall–Kier alpha value is -2.31. The van der Waals surface area contributed by atoms with Gasteiger partial charge in [-0.05, 0) is 0 Å². The van der Waals surface area contributed by atoms with Crippen molar-refractivity contribution >= 4 is 11.6 Å². The molecule has 0 aliphatic carbocycles. The summed E-state index contributed by atoms with van der Waals surface area (Å²) >= 11 is 0. The molecular formula is C10H14N6O. The van der Waals surface area contributed by atoms with Gasteiger partial charge in [0.15, 0.2) is 5.82 Å². The summed E-state index contributed by atoms with van der Waals surface area (Å²) in [5.74, 6) is 0.878. The number of nitrogens with one attached hydrogen (secondary N) is 1. The summed E-state index contributed by atoms with van der Waals surface area (Å²) in [6, 6.07) is 0. The molecule has 2 heterocycles. The van der Waals surface area contributed by atoms with Crippen LogP contribution in [0.5, 0.6) is 0 Å². The molecule has 0 amide bonds. The molecule has 7 heteroatoms. The lowest BCUT2D eigenvalue weighted by molar-refractivity contribution is 0.778. The summed E-state index contributed by atoms with van der Waals surface area (Å²) in [6.45, 7) is 0.423. The summed E-state index contributed by atoms with van der Waals surface area (Å²) < 4.78 is 3.04. The number of hydrogen-bond donors (Lipinski definition) is 2. The topological polar surface area (TPSA) is 90.8 Å². The van der Waals surface area contributed by atoms with E-state index in [0.29, 0.717) is 18.2 Å². The zero-order valence-corrected chi connectivity index (χ0v) is 9.71. The molecule has 0 saturated carbocycles. The first-order chi connectivity index (χ1) is 8.09. The molecule has 2 rings (SSSR count). The summed E-state index contributed by atoms with van der Waals surface area (Å²) in [5, 5.41) is 6.96. The van der Waals surface area contributed by atoms with Crippen LogP contribution in [0, 0.1) is 0 Å². The quantitative estimate of drug-likeness (QED) is 0.761. The fourth-order valence-electron chi connectivity index (χ4n) is 1.43. The van der Waals surface area contributed by atoms with Crippen LogP contribution in [0.4, 0.5) is 11.6 Å². The molecule has 0 bridgehead atoms. The number of nitrogens with two attached hydrogens (primary N) is 1. The lowest BCUT2D eigenvalue weighted by atomic mass is 10.3. The van der Waals surface area contributed by atoms with E-state index in [0.717, 1.165) is 5.56 Å². The monoisotopic (exact) mass is 234 g/mol. The molecule has 0 fully saturated rings. The Morgan fingerprint density at radius 3 is 2.88 bits per heavy atom. The highest BCUT2D eigenvalue weighted by Crippen LogP contribution is 2.10. The number of rotatable bonds is 3. The Bertz CT molecular complexity index is 585. The normalized spacial score (nSPS) is 10.5. The van der Waals surface area contributed by atoms with E-state index in [1.54, 1.807) is 37.4 Å². The highest BCUT2D eigenvalue weighted by molar-refractivity contribution is 5.42. The van der Waals surface area contributed by atoms with E-state index in [4.69, 9.17) is 5.73 Å². The van der Waals surface area contributed by atoms with E-state index < -0.39 is 0 Å². The van der Waals surface area contributed by atoms with Gasteiger partial charge in [-0.25, -0.2) is 4.98 Å². The lowest BCUT2D eigenvalue weighted by Gasteiger charge is -2.05. The summed E-state index contributed by atoms with van der Waals surface area (Å²) in [4.78, 5) is 15.6. The van der Waals surface area contributed by atoms with E-state index in [1.165, 1.54) is 4.57 Å². The van der Waals surface area contributed by atoms with Gasteiger partial charge in [0.05, 0.1) is 6.20 Å². The van der Waals surface area contributed by atoms with Gasteiger partial charge in [-0.2, -0.15) is 5.10 Å². The number of nitrogens with zero attached hydrogens (tertiary/aromatic N) is 4. The summed E-state index contributed by atoms with van der Waals surface area (Å²) in [7, 11) is 3.44. The maximum atomic E-state index is 11.7. The van der Waals surface area contributed by atoms with Gasteiger partial charge in [0.2, 0.25) is 0 Å². The average molecular weight is 234 g/mol. The molecule has 0 atom stereocenters. The van der Waals surface area contributed by atoms with E-state index in [9.17, 15) is 4.79 Å².